The molecule has 3 N–H and O–H groups in total. The van der Waals surface area contributed by atoms with Gasteiger partial charge in [-0.1, -0.05) is 6.07 Å². The zero-order chi connectivity index (χ0) is 22.6. The summed E-state index contributed by atoms with van der Waals surface area (Å²) in [6.45, 7) is 6.07. The molecule has 0 saturated carbocycles. The van der Waals surface area contributed by atoms with Gasteiger partial charge in [-0.2, -0.15) is 0 Å². The molecule has 2 aromatic rings. The molecule has 2 rings (SSSR count). The number of carbonyl (C=O) groups excluding carboxylic acids is 3. The normalized spacial score (nSPS) is 10.3. The number of amides is 3. The number of nitrogens with one attached hydrogen (secondary N) is 3. The first kappa shape index (κ1) is 23.9. The summed E-state index contributed by atoms with van der Waals surface area (Å²) in [5, 5.41) is 8.55. The number of hydrogen-bond acceptors (Lipinski definition) is 5. The van der Waals surface area contributed by atoms with Crippen molar-refractivity contribution in [1.82, 2.24) is 10.2 Å². The summed E-state index contributed by atoms with van der Waals surface area (Å²) in [4.78, 5) is 38.4. The van der Waals surface area contributed by atoms with Crippen LogP contribution in [0.1, 0.15) is 34.6 Å². The molecule has 0 bridgehead atoms. The maximum absolute atomic E-state index is 12.3. The summed E-state index contributed by atoms with van der Waals surface area (Å²) in [6, 6.07) is 13.7. The maximum Gasteiger partial charge on any atom is 0.253 e. The third-order valence-electron chi connectivity index (χ3n) is 4.64. The first-order valence-corrected chi connectivity index (χ1v) is 10.3. The lowest BCUT2D eigenvalue weighted by molar-refractivity contribution is -0.114. The van der Waals surface area contributed by atoms with E-state index < -0.39 is 0 Å². The Hall–Kier alpha value is -3.39. The fourth-order valence-electron chi connectivity index (χ4n) is 2.92. The quantitative estimate of drug-likeness (QED) is 0.480. The molecule has 0 radical (unpaired) electrons. The van der Waals surface area contributed by atoms with Gasteiger partial charge in [0.05, 0.1) is 13.2 Å². The van der Waals surface area contributed by atoms with E-state index in [1.165, 1.54) is 0 Å². The van der Waals surface area contributed by atoms with Crippen LogP contribution in [0.15, 0.2) is 48.5 Å². The molecule has 8 heteroatoms. The molecule has 0 spiro atoms. The van der Waals surface area contributed by atoms with E-state index in [0.29, 0.717) is 48.7 Å². The van der Waals surface area contributed by atoms with E-state index in [1.807, 2.05) is 13.8 Å². The minimum atomic E-state index is -0.238. The van der Waals surface area contributed by atoms with Gasteiger partial charge in [-0.25, -0.2) is 0 Å². The molecular formula is C23H30N4O4. The van der Waals surface area contributed by atoms with Crippen LogP contribution in [0.4, 0.5) is 11.4 Å². The van der Waals surface area contributed by atoms with Gasteiger partial charge < -0.3 is 25.6 Å². The third kappa shape index (κ3) is 7.42. The molecule has 0 aliphatic heterocycles. The van der Waals surface area contributed by atoms with Crippen LogP contribution >= 0.6 is 0 Å². The van der Waals surface area contributed by atoms with Crippen LogP contribution in [-0.4, -0.2) is 62.5 Å². The molecule has 0 atom stereocenters. The number of carbonyl (C=O) groups is 3. The van der Waals surface area contributed by atoms with Crippen molar-refractivity contribution in [3.8, 4) is 0 Å². The molecule has 31 heavy (non-hydrogen) atoms. The summed E-state index contributed by atoms with van der Waals surface area (Å²) in [5.41, 5.74) is 2.35. The average Bonchev–Trinajstić information content (AvgIpc) is 2.79. The lowest BCUT2D eigenvalue weighted by Gasteiger charge is -2.18. The molecule has 0 aromatic heterocycles. The number of nitrogens with zero attached hydrogens (tertiary/aromatic N) is 1. The molecule has 0 fully saturated rings. The zero-order valence-electron chi connectivity index (χ0n) is 18.2. The molecule has 0 saturated heterocycles. The van der Waals surface area contributed by atoms with Crippen molar-refractivity contribution in [2.45, 2.75) is 13.8 Å². The third-order valence-corrected chi connectivity index (χ3v) is 4.64. The van der Waals surface area contributed by atoms with Gasteiger partial charge in [0.1, 0.15) is 0 Å². The van der Waals surface area contributed by atoms with E-state index in [-0.39, 0.29) is 24.3 Å². The molecule has 2 aromatic carbocycles. The Bertz CT molecular complexity index is 879. The monoisotopic (exact) mass is 426 g/mol. The van der Waals surface area contributed by atoms with E-state index in [4.69, 9.17) is 4.74 Å². The second-order valence-corrected chi connectivity index (χ2v) is 6.79. The predicted octanol–water partition coefficient (Wildman–Crippen LogP) is 2.60. The Morgan fingerprint density at radius 2 is 1.65 bits per heavy atom. The second-order valence-electron chi connectivity index (χ2n) is 6.79. The maximum atomic E-state index is 12.3. The van der Waals surface area contributed by atoms with Gasteiger partial charge >= 0.3 is 0 Å². The van der Waals surface area contributed by atoms with Crippen molar-refractivity contribution in [2.75, 3.05) is 50.5 Å². The van der Waals surface area contributed by atoms with Gasteiger partial charge in [-0.05, 0) is 56.3 Å². The van der Waals surface area contributed by atoms with E-state index >= 15 is 0 Å². The number of anilines is 2. The molecule has 0 heterocycles. The van der Waals surface area contributed by atoms with Crippen molar-refractivity contribution in [1.29, 1.82) is 0 Å². The van der Waals surface area contributed by atoms with E-state index in [1.54, 1.807) is 60.5 Å². The van der Waals surface area contributed by atoms with Crippen molar-refractivity contribution >= 4 is 29.1 Å². The van der Waals surface area contributed by atoms with Crippen LogP contribution in [0.3, 0.4) is 0 Å². The molecule has 0 unspecified atom stereocenters. The van der Waals surface area contributed by atoms with Crippen LogP contribution in [0.5, 0.6) is 0 Å². The van der Waals surface area contributed by atoms with Crippen LogP contribution in [0.25, 0.3) is 0 Å². The van der Waals surface area contributed by atoms with E-state index in [2.05, 4.69) is 16.0 Å². The van der Waals surface area contributed by atoms with Crippen molar-refractivity contribution < 1.29 is 19.1 Å². The minimum absolute atomic E-state index is 0.0318. The van der Waals surface area contributed by atoms with E-state index in [0.717, 1.165) is 0 Å². The number of benzene rings is 2. The Morgan fingerprint density at radius 1 is 0.935 bits per heavy atom. The topological polar surface area (TPSA) is 99.8 Å². The van der Waals surface area contributed by atoms with Crippen LogP contribution in [-0.2, 0) is 9.53 Å². The fraction of sp³-hybridized carbons (Fsp3) is 0.348. The molecule has 166 valence electrons. The van der Waals surface area contributed by atoms with Gasteiger partial charge in [0.15, 0.2) is 0 Å². The van der Waals surface area contributed by atoms with Crippen molar-refractivity contribution in [3.05, 3.63) is 59.7 Å². The van der Waals surface area contributed by atoms with Gasteiger partial charge in [0.25, 0.3) is 11.8 Å². The lowest BCUT2D eigenvalue weighted by Crippen LogP contribution is -2.30. The molecule has 3 amide bonds. The molecule has 0 aliphatic rings. The van der Waals surface area contributed by atoms with Crippen molar-refractivity contribution in [2.24, 2.45) is 0 Å². The first-order chi connectivity index (χ1) is 15.0. The largest absolute Gasteiger partial charge is 0.383 e. The number of rotatable bonds is 11. The van der Waals surface area contributed by atoms with Crippen LogP contribution in [0.2, 0.25) is 0 Å². The standard InChI is InChI=1S/C23H30N4O4/c1-4-27(5-2)23(30)17-9-11-19(12-10-17)26-21(28)16-25-20-8-6-7-18(15-20)22(29)24-13-14-31-3/h6-12,15,25H,4-5,13-14,16H2,1-3H3,(H,24,29)(H,26,28). The Labute approximate surface area is 183 Å². The number of ether oxygens (including phenoxy) is 1. The highest BCUT2D eigenvalue weighted by molar-refractivity contribution is 5.97. The molecule has 8 nitrogen and oxygen atoms in total. The van der Waals surface area contributed by atoms with Gasteiger partial charge in [0.2, 0.25) is 5.91 Å². The summed E-state index contributed by atoms with van der Waals surface area (Å²) in [7, 11) is 1.57. The molecular weight excluding hydrogens is 396 g/mol. The fourth-order valence-corrected chi connectivity index (χ4v) is 2.92. The van der Waals surface area contributed by atoms with Crippen molar-refractivity contribution in [3.63, 3.8) is 0 Å². The van der Waals surface area contributed by atoms with Gasteiger partial charge in [-0.15, -0.1) is 0 Å². The molecule has 0 aliphatic carbocycles. The van der Waals surface area contributed by atoms with Crippen LogP contribution in [0, 0.1) is 0 Å². The SMILES string of the molecule is CCN(CC)C(=O)c1ccc(NC(=O)CNc2cccc(C(=O)NCCOC)c2)cc1. The summed E-state index contributed by atoms with van der Waals surface area (Å²) < 4.78 is 4.91. The Morgan fingerprint density at radius 3 is 2.29 bits per heavy atom. The highest BCUT2D eigenvalue weighted by Crippen LogP contribution is 2.13. The number of hydrogen-bond donors (Lipinski definition) is 3. The first-order valence-electron chi connectivity index (χ1n) is 10.3. The summed E-state index contributed by atoms with van der Waals surface area (Å²) in [5.74, 6) is -0.474. The Kier molecular flexibility index (Phi) is 9.51. The minimum Gasteiger partial charge on any atom is -0.383 e. The highest BCUT2D eigenvalue weighted by atomic mass is 16.5. The van der Waals surface area contributed by atoms with Crippen LogP contribution < -0.4 is 16.0 Å². The number of methoxy groups -OCH3 is 1. The lowest BCUT2D eigenvalue weighted by atomic mass is 10.1. The smallest absolute Gasteiger partial charge is 0.253 e. The summed E-state index contributed by atoms with van der Waals surface area (Å²) in [6.07, 6.45) is 0. The predicted molar refractivity (Wildman–Crippen MR) is 121 cm³/mol. The van der Waals surface area contributed by atoms with E-state index in [9.17, 15) is 14.4 Å². The summed E-state index contributed by atoms with van der Waals surface area (Å²) >= 11 is 0. The van der Waals surface area contributed by atoms with Gasteiger partial charge in [0, 0.05) is 49.2 Å². The highest BCUT2D eigenvalue weighted by Gasteiger charge is 2.12. The zero-order valence-corrected chi connectivity index (χ0v) is 18.2. The second kappa shape index (κ2) is 12.3. The average molecular weight is 427 g/mol. The van der Waals surface area contributed by atoms with Gasteiger partial charge in [-0.3, -0.25) is 14.4 Å². The Balaban J connectivity index is 1.87.